The Morgan fingerprint density at radius 1 is 1.46 bits per heavy atom. The van der Waals surface area contributed by atoms with Crippen LogP contribution in [0.3, 0.4) is 0 Å². The maximum absolute atomic E-state index is 9.70. The summed E-state index contributed by atoms with van der Waals surface area (Å²) in [6.45, 7) is 1.96. The lowest BCUT2D eigenvalue weighted by Crippen LogP contribution is -2.02. The second kappa shape index (κ2) is 2.53. The molecule has 0 bridgehead atoms. The minimum atomic E-state index is -0.155. The standard InChI is InChI=1S/C12H12O/c1-3-12(6-7-12)10-5-4-9(2)8-11(10)13/h1,4-5,8,13H,6-7H2,2H3. The molecule has 13 heavy (non-hydrogen) atoms. The van der Waals surface area contributed by atoms with Gasteiger partial charge in [0.2, 0.25) is 0 Å². The Morgan fingerprint density at radius 3 is 2.62 bits per heavy atom. The molecular formula is C12H12O. The number of hydrogen-bond acceptors (Lipinski definition) is 1. The molecule has 0 radical (unpaired) electrons. The summed E-state index contributed by atoms with van der Waals surface area (Å²) in [5, 5.41) is 9.70. The number of aromatic hydroxyl groups is 1. The van der Waals surface area contributed by atoms with E-state index in [-0.39, 0.29) is 5.41 Å². The summed E-state index contributed by atoms with van der Waals surface area (Å²) in [4.78, 5) is 0. The number of rotatable bonds is 1. The quantitative estimate of drug-likeness (QED) is 0.645. The maximum Gasteiger partial charge on any atom is 0.120 e. The fraction of sp³-hybridized carbons (Fsp3) is 0.333. The Balaban J connectivity index is 2.48. The second-order valence-corrected chi connectivity index (χ2v) is 3.75. The van der Waals surface area contributed by atoms with E-state index in [1.54, 1.807) is 6.07 Å². The van der Waals surface area contributed by atoms with E-state index in [1.165, 1.54) is 0 Å². The van der Waals surface area contributed by atoms with Gasteiger partial charge in [0, 0.05) is 5.56 Å². The third-order valence-corrected chi connectivity index (χ3v) is 2.70. The van der Waals surface area contributed by atoms with E-state index >= 15 is 0 Å². The van der Waals surface area contributed by atoms with Crippen LogP contribution >= 0.6 is 0 Å². The van der Waals surface area contributed by atoms with Crippen LogP contribution in [0.2, 0.25) is 0 Å². The topological polar surface area (TPSA) is 20.2 Å². The van der Waals surface area contributed by atoms with Crippen LogP contribution in [0.25, 0.3) is 0 Å². The lowest BCUT2D eigenvalue weighted by atomic mass is 9.95. The van der Waals surface area contributed by atoms with Crippen molar-refractivity contribution in [3.63, 3.8) is 0 Å². The van der Waals surface area contributed by atoms with Gasteiger partial charge >= 0.3 is 0 Å². The summed E-state index contributed by atoms with van der Waals surface area (Å²) in [7, 11) is 0. The van der Waals surface area contributed by atoms with Crippen molar-refractivity contribution in [1.82, 2.24) is 0 Å². The van der Waals surface area contributed by atoms with Gasteiger partial charge in [-0.3, -0.25) is 0 Å². The Bertz CT molecular complexity index is 381. The summed E-state index contributed by atoms with van der Waals surface area (Å²) in [6, 6.07) is 5.71. The second-order valence-electron chi connectivity index (χ2n) is 3.75. The van der Waals surface area contributed by atoms with Crippen LogP contribution in [0, 0.1) is 19.3 Å². The number of phenols is 1. The minimum Gasteiger partial charge on any atom is -0.508 e. The molecule has 1 N–H and O–H groups in total. The van der Waals surface area contributed by atoms with Gasteiger partial charge in [0.05, 0.1) is 5.41 Å². The lowest BCUT2D eigenvalue weighted by molar-refractivity contribution is 0.464. The van der Waals surface area contributed by atoms with E-state index in [9.17, 15) is 5.11 Å². The smallest absolute Gasteiger partial charge is 0.120 e. The molecule has 0 aliphatic heterocycles. The molecule has 2 rings (SSSR count). The fourth-order valence-electron chi connectivity index (χ4n) is 1.66. The van der Waals surface area contributed by atoms with Crippen LogP contribution in [0.4, 0.5) is 0 Å². The first-order chi connectivity index (χ1) is 6.18. The molecular weight excluding hydrogens is 160 g/mol. The van der Waals surface area contributed by atoms with Gasteiger partial charge in [-0.1, -0.05) is 18.1 Å². The van der Waals surface area contributed by atoms with Crippen molar-refractivity contribution in [3.8, 4) is 18.1 Å². The molecule has 1 saturated carbocycles. The summed E-state index contributed by atoms with van der Waals surface area (Å²) in [5.74, 6) is 3.11. The van der Waals surface area contributed by atoms with E-state index in [1.807, 2.05) is 19.1 Å². The molecule has 0 aromatic heterocycles. The Kier molecular flexibility index (Phi) is 1.60. The summed E-state index contributed by atoms with van der Waals surface area (Å²) in [6.07, 6.45) is 7.45. The van der Waals surface area contributed by atoms with Crippen molar-refractivity contribution >= 4 is 0 Å². The highest BCUT2D eigenvalue weighted by Crippen LogP contribution is 2.50. The molecule has 0 unspecified atom stereocenters. The zero-order chi connectivity index (χ0) is 9.47. The third-order valence-electron chi connectivity index (χ3n) is 2.70. The first-order valence-electron chi connectivity index (χ1n) is 4.46. The van der Waals surface area contributed by atoms with Crippen LogP contribution in [0.5, 0.6) is 5.75 Å². The third kappa shape index (κ3) is 1.19. The SMILES string of the molecule is C#CC1(c2ccc(C)cc2O)CC1. The Hall–Kier alpha value is -1.42. The molecule has 0 atom stereocenters. The van der Waals surface area contributed by atoms with Crippen molar-refractivity contribution in [2.45, 2.75) is 25.2 Å². The summed E-state index contributed by atoms with van der Waals surface area (Å²) in [5.41, 5.74) is 1.83. The van der Waals surface area contributed by atoms with Crippen LogP contribution < -0.4 is 0 Å². The van der Waals surface area contributed by atoms with Gasteiger partial charge in [-0.2, -0.15) is 0 Å². The summed E-state index contributed by atoms with van der Waals surface area (Å²) >= 11 is 0. The van der Waals surface area contributed by atoms with Crippen molar-refractivity contribution in [1.29, 1.82) is 0 Å². The monoisotopic (exact) mass is 172 g/mol. The molecule has 1 aromatic rings. The molecule has 1 aromatic carbocycles. The highest BCUT2D eigenvalue weighted by atomic mass is 16.3. The Labute approximate surface area is 78.4 Å². The van der Waals surface area contributed by atoms with E-state index in [2.05, 4.69) is 5.92 Å². The van der Waals surface area contributed by atoms with Gasteiger partial charge in [0.15, 0.2) is 0 Å². The molecule has 0 heterocycles. The molecule has 1 nitrogen and oxygen atoms in total. The number of phenolic OH excluding ortho intramolecular Hbond substituents is 1. The molecule has 1 heteroatoms. The van der Waals surface area contributed by atoms with Crippen molar-refractivity contribution in [3.05, 3.63) is 29.3 Å². The predicted octanol–water partition coefficient (Wildman–Crippen LogP) is 2.37. The first-order valence-corrected chi connectivity index (χ1v) is 4.46. The maximum atomic E-state index is 9.70. The number of hydrogen-bond donors (Lipinski definition) is 1. The average Bonchev–Trinajstić information content (AvgIpc) is 2.85. The van der Waals surface area contributed by atoms with Gasteiger partial charge in [-0.15, -0.1) is 6.42 Å². The number of benzene rings is 1. The average molecular weight is 172 g/mol. The largest absolute Gasteiger partial charge is 0.508 e. The van der Waals surface area contributed by atoms with Crippen molar-refractivity contribution in [2.75, 3.05) is 0 Å². The molecule has 0 amide bonds. The van der Waals surface area contributed by atoms with E-state index in [4.69, 9.17) is 6.42 Å². The molecule has 1 aliphatic rings. The molecule has 0 spiro atoms. The molecule has 66 valence electrons. The van der Waals surface area contributed by atoms with E-state index < -0.39 is 0 Å². The van der Waals surface area contributed by atoms with Crippen LogP contribution in [0.15, 0.2) is 18.2 Å². The van der Waals surface area contributed by atoms with E-state index in [0.717, 1.165) is 24.0 Å². The number of aryl methyl sites for hydroxylation is 1. The van der Waals surface area contributed by atoms with Crippen molar-refractivity contribution in [2.24, 2.45) is 0 Å². The highest BCUT2D eigenvalue weighted by Gasteiger charge is 2.44. The normalized spacial score (nSPS) is 17.8. The predicted molar refractivity (Wildman–Crippen MR) is 52.6 cm³/mol. The minimum absolute atomic E-state index is 0.155. The zero-order valence-corrected chi connectivity index (χ0v) is 7.67. The zero-order valence-electron chi connectivity index (χ0n) is 7.67. The number of terminal acetylenes is 1. The highest BCUT2D eigenvalue weighted by molar-refractivity contribution is 5.49. The van der Waals surface area contributed by atoms with E-state index in [0.29, 0.717) is 5.75 Å². The Morgan fingerprint density at radius 2 is 2.15 bits per heavy atom. The van der Waals surface area contributed by atoms with Crippen LogP contribution in [0.1, 0.15) is 24.0 Å². The van der Waals surface area contributed by atoms with Gasteiger partial charge in [-0.05, 0) is 31.4 Å². The molecule has 0 saturated heterocycles. The fourth-order valence-corrected chi connectivity index (χ4v) is 1.66. The molecule has 1 aliphatic carbocycles. The summed E-state index contributed by atoms with van der Waals surface area (Å²) < 4.78 is 0. The lowest BCUT2D eigenvalue weighted by Gasteiger charge is -2.10. The van der Waals surface area contributed by atoms with Crippen LogP contribution in [-0.4, -0.2) is 5.11 Å². The van der Waals surface area contributed by atoms with Gasteiger partial charge in [-0.25, -0.2) is 0 Å². The first kappa shape index (κ1) is 8.19. The van der Waals surface area contributed by atoms with Gasteiger partial charge < -0.3 is 5.11 Å². The van der Waals surface area contributed by atoms with Gasteiger partial charge in [0.1, 0.15) is 5.75 Å². The van der Waals surface area contributed by atoms with Crippen LogP contribution in [-0.2, 0) is 5.41 Å². The molecule has 1 fully saturated rings. The van der Waals surface area contributed by atoms with Crippen molar-refractivity contribution < 1.29 is 5.11 Å². The van der Waals surface area contributed by atoms with Gasteiger partial charge in [0.25, 0.3) is 0 Å².